The summed E-state index contributed by atoms with van der Waals surface area (Å²) in [4.78, 5) is 10.1. The van der Waals surface area contributed by atoms with Crippen molar-refractivity contribution in [3.05, 3.63) is 29.7 Å². The van der Waals surface area contributed by atoms with Gasteiger partial charge in [-0.1, -0.05) is 0 Å². The fraction of sp³-hybridized carbons (Fsp3) is 0.250. The van der Waals surface area contributed by atoms with Crippen molar-refractivity contribution in [1.29, 1.82) is 0 Å². The predicted octanol–water partition coefficient (Wildman–Crippen LogP) is 2.45. The maximum atomic E-state index is 10.1. The van der Waals surface area contributed by atoms with Gasteiger partial charge in [-0.2, -0.15) is 0 Å². The van der Waals surface area contributed by atoms with Crippen molar-refractivity contribution in [2.75, 3.05) is 0 Å². The van der Waals surface area contributed by atoms with E-state index in [1.165, 1.54) is 6.08 Å². The number of carbonyl (C=O) groups excluding carboxylic acids is 1. The van der Waals surface area contributed by atoms with Gasteiger partial charge in [0.25, 0.3) is 0 Å². The molecule has 2 nitrogen and oxygen atoms in total. The highest BCUT2D eigenvalue weighted by molar-refractivity contribution is 5.73. The minimum atomic E-state index is 0.745. The topological polar surface area (TPSA) is 30.2 Å². The monoisotopic (exact) mass is 188 g/mol. The molecular formula is C12H12O2. The van der Waals surface area contributed by atoms with Crippen molar-refractivity contribution in [3.63, 3.8) is 0 Å². The third-order valence-electron chi connectivity index (χ3n) is 1.71. The second kappa shape index (κ2) is 5.82. The number of aldehydes is 1. The Bertz CT molecular complexity index is 375. The number of hydrogen-bond donors (Lipinski definition) is 0. The summed E-state index contributed by atoms with van der Waals surface area (Å²) in [6, 6.07) is 1.91. The summed E-state index contributed by atoms with van der Waals surface area (Å²) in [6.07, 6.45) is 7.16. The normalized spacial score (nSPS) is 9.79. The quantitative estimate of drug-likeness (QED) is 0.412. The Labute approximate surface area is 83.6 Å². The molecule has 1 rings (SSSR count). The van der Waals surface area contributed by atoms with Crippen LogP contribution in [-0.2, 0) is 11.2 Å². The molecule has 0 aliphatic heterocycles. The molecule has 0 atom stereocenters. The third-order valence-corrected chi connectivity index (χ3v) is 1.71. The van der Waals surface area contributed by atoms with Crippen molar-refractivity contribution in [1.82, 2.24) is 0 Å². The van der Waals surface area contributed by atoms with Crippen molar-refractivity contribution in [2.45, 2.75) is 19.8 Å². The molecule has 1 aromatic rings. The minimum absolute atomic E-state index is 0.745. The van der Waals surface area contributed by atoms with E-state index in [0.29, 0.717) is 0 Å². The van der Waals surface area contributed by atoms with Gasteiger partial charge in [0.2, 0.25) is 0 Å². The van der Waals surface area contributed by atoms with Gasteiger partial charge in [-0.3, -0.25) is 4.79 Å². The lowest BCUT2D eigenvalue weighted by Crippen LogP contribution is -1.77. The molecule has 0 bridgehead atoms. The van der Waals surface area contributed by atoms with Gasteiger partial charge < -0.3 is 4.42 Å². The lowest BCUT2D eigenvalue weighted by Gasteiger charge is -1.86. The standard InChI is InChI=1S/C12H12O2/c1-2-3-4-7-12-9-11(10-14-12)6-5-8-13/h5-6,8-10H,4,7H2,1H3/b6-5+. The maximum absolute atomic E-state index is 10.1. The first-order valence-electron chi connectivity index (χ1n) is 4.45. The second-order valence-electron chi connectivity index (χ2n) is 2.77. The zero-order valence-electron chi connectivity index (χ0n) is 8.12. The first-order valence-corrected chi connectivity index (χ1v) is 4.45. The number of furan rings is 1. The Morgan fingerprint density at radius 2 is 2.43 bits per heavy atom. The summed E-state index contributed by atoms with van der Waals surface area (Å²) in [6.45, 7) is 1.82. The Kier molecular flexibility index (Phi) is 4.30. The van der Waals surface area contributed by atoms with Gasteiger partial charge in [-0.15, -0.1) is 11.8 Å². The van der Waals surface area contributed by atoms with Crippen LogP contribution in [0.2, 0.25) is 0 Å². The van der Waals surface area contributed by atoms with E-state index in [1.807, 2.05) is 13.0 Å². The van der Waals surface area contributed by atoms with Crippen LogP contribution < -0.4 is 0 Å². The van der Waals surface area contributed by atoms with Gasteiger partial charge in [0.15, 0.2) is 0 Å². The molecule has 0 radical (unpaired) electrons. The molecule has 0 fully saturated rings. The number of hydrogen-bond acceptors (Lipinski definition) is 2. The van der Waals surface area contributed by atoms with Crippen molar-refractivity contribution in [3.8, 4) is 11.8 Å². The molecule has 0 N–H and O–H groups in total. The lowest BCUT2D eigenvalue weighted by atomic mass is 10.2. The Hall–Kier alpha value is -1.75. The highest BCUT2D eigenvalue weighted by Gasteiger charge is 1.97. The zero-order valence-corrected chi connectivity index (χ0v) is 8.12. The van der Waals surface area contributed by atoms with Crippen LogP contribution >= 0.6 is 0 Å². The minimum Gasteiger partial charge on any atom is -0.469 e. The third kappa shape index (κ3) is 3.32. The van der Waals surface area contributed by atoms with Crippen LogP contribution in [-0.4, -0.2) is 6.29 Å². The van der Waals surface area contributed by atoms with Gasteiger partial charge in [-0.25, -0.2) is 0 Å². The average Bonchev–Trinajstić information content (AvgIpc) is 2.63. The summed E-state index contributed by atoms with van der Waals surface area (Å²) in [7, 11) is 0. The van der Waals surface area contributed by atoms with Gasteiger partial charge in [0.1, 0.15) is 12.0 Å². The first kappa shape index (κ1) is 10.3. The van der Waals surface area contributed by atoms with Gasteiger partial charge >= 0.3 is 0 Å². The SMILES string of the molecule is CC#CCCc1cc(/C=C/C=O)co1. The van der Waals surface area contributed by atoms with Crippen molar-refractivity contribution < 1.29 is 9.21 Å². The van der Waals surface area contributed by atoms with Crippen LogP contribution in [0.3, 0.4) is 0 Å². The molecule has 2 heteroatoms. The fourth-order valence-electron chi connectivity index (χ4n) is 1.08. The summed E-state index contributed by atoms with van der Waals surface area (Å²) in [5.74, 6) is 6.69. The van der Waals surface area contributed by atoms with E-state index in [-0.39, 0.29) is 0 Å². The Morgan fingerprint density at radius 3 is 3.14 bits per heavy atom. The molecule has 1 aromatic heterocycles. The molecule has 0 spiro atoms. The average molecular weight is 188 g/mol. The molecule has 14 heavy (non-hydrogen) atoms. The molecule has 0 aliphatic rings. The molecule has 0 unspecified atom stereocenters. The molecular weight excluding hydrogens is 176 g/mol. The van der Waals surface area contributed by atoms with E-state index >= 15 is 0 Å². The van der Waals surface area contributed by atoms with Crippen LogP contribution in [0, 0.1) is 11.8 Å². The molecule has 0 aliphatic carbocycles. The van der Waals surface area contributed by atoms with Crippen LogP contribution in [0.25, 0.3) is 6.08 Å². The smallest absolute Gasteiger partial charge is 0.142 e. The number of aryl methyl sites for hydroxylation is 1. The Balaban J connectivity index is 2.53. The zero-order chi connectivity index (χ0) is 10.2. The predicted molar refractivity (Wildman–Crippen MR) is 55.6 cm³/mol. The van der Waals surface area contributed by atoms with E-state index in [0.717, 1.165) is 30.5 Å². The second-order valence-corrected chi connectivity index (χ2v) is 2.77. The lowest BCUT2D eigenvalue weighted by molar-refractivity contribution is -0.104. The summed E-state index contributed by atoms with van der Waals surface area (Å²) < 4.78 is 5.27. The number of allylic oxidation sites excluding steroid dienone is 1. The van der Waals surface area contributed by atoms with E-state index in [1.54, 1.807) is 12.3 Å². The molecule has 0 amide bonds. The van der Waals surface area contributed by atoms with E-state index in [9.17, 15) is 4.79 Å². The molecule has 72 valence electrons. The number of rotatable bonds is 4. The fourth-order valence-corrected chi connectivity index (χ4v) is 1.08. The van der Waals surface area contributed by atoms with E-state index in [4.69, 9.17) is 4.42 Å². The van der Waals surface area contributed by atoms with Gasteiger partial charge in [-0.05, 0) is 25.1 Å². The van der Waals surface area contributed by atoms with Crippen LogP contribution in [0.1, 0.15) is 24.7 Å². The van der Waals surface area contributed by atoms with Crippen molar-refractivity contribution >= 4 is 12.4 Å². The largest absolute Gasteiger partial charge is 0.469 e. The Morgan fingerprint density at radius 1 is 1.57 bits per heavy atom. The molecule has 1 heterocycles. The summed E-state index contributed by atoms with van der Waals surface area (Å²) >= 11 is 0. The number of carbonyl (C=O) groups is 1. The summed E-state index contributed by atoms with van der Waals surface area (Å²) in [5, 5.41) is 0. The van der Waals surface area contributed by atoms with E-state index in [2.05, 4.69) is 11.8 Å². The summed E-state index contributed by atoms with van der Waals surface area (Å²) in [5.41, 5.74) is 0.913. The molecule has 0 aromatic carbocycles. The van der Waals surface area contributed by atoms with Gasteiger partial charge in [0.05, 0.1) is 6.26 Å². The van der Waals surface area contributed by atoms with Crippen molar-refractivity contribution in [2.24, 2.45) is 0 Å². The maximum Gasteiger partial charge on any atom is 0.142 e. The molecule has 0 saturated carbocycles. The van der Waals surface area contributed by atoms with Gasteiger partial charge in [0, 0.05) is 18.4 Å². The first-order chi connectivity index (χ1) is 6.86. The molecule has 0 saturated heterocycles. The van der Waals surface area contributed by atoms with Crippen LogP contribution in [0.4, 0.5) is 0 Å². The highest BCUT2D eigenvalue weighted by Crippen LogP contribution is 2.10. The van der Waals surface area contributed by atoms with Crippen LogP contribution in [0.5, 0.6) is 0 Å². The highest BCUT2D eigenvalue weighted by atomic mass is 16.3. The van der Waals surface area contributed by atoms with E-state index < -0.39 is 0 Å². The van der Waals surface area contributed by atoms with Crippen LogP contribution in [0.15, 0.2) is 22.8 Å².